The summed E-state index contributed by atoms with van der Waals surface area (Å²) in [5.41, 5.74) is 0.868. The molecular formula is C14H15N3O. The molecule has 92 valence electrons. The van der Waals surface area contributed by atoms with Gasteiger partial charge in [-0.1, -0.05) is 12.1 Å². The Labute approximate surface area is 105 Å². The fourth-order valence-electron chi connectivity index (χ4n) is 2.19. The third-order valence-electron chi connectivity index (χ3n) is 3.29. The quantitative estimate of drug-likeness (QED) is 0.861. The lowest BCUT2D eigenvalue weighted by molar-refractivity contribution is -0.117. The lowest BCUT2D eigenvalue weighted by atomic mass is 9.99. The molecule has 0 radical (unpaired) electrons. The van der Waals surface area contributed by atoms with Gasteiger partial charge in [0.25, 0.3) is 0 Å². The Bertz CT molecular complexity index is 573. The minimum atomic E-state index is 0.0887. The number of hydrogen-bond acceptors (Lipinski definition) is 3. The number of aromatic nitrogens is 1. The van der Waals surface area contributed by atoms with Gasteiger partial charge < -0.3 is 10.6 Å². The van der Waals surface area contributed by atoms with Gasteiger partial charge in [0.1, 0.15) is 0 Å². The van der Waals surface area contributed by atoms with Crippen molar-refractivity contribution in [2.75, 3.05) is 18.4 Å². The van der Waals surface area contributed by atoms with Gasteiger partial charge in [0.05, 0.1) is 0 Å². The predicted molar refractivity (Wildman–Crippen MR) is 71.3 cm³/mol. The number of rotatable bonds is 3. The number of amides is 1. The molecule has 4 nitrogen and oxygen atoms in total. The van der Waals surface area contributed by atoms with Crippen LogP contribution in [0.15, 0.2) is 36.7 Å². The second-order valence-electron chi connectivity index (χ2n) is 4.68. The molecule has 1 aliphatic heterocycles. The average molecular weight is 241 g/mol. The maximum Gasteiger partial charge on any atom is 0.224 e. The number of benzene rings is 1. The van der Waals surface area contributed by atoms with Gasteiger partial charge >= 0.3 is 0 Å². The number of nitrogens with one attached hydrogen (secondary N) is 2. The van der Waals surface area contributed by atoms with E-state index in [2.05, 4.69) is 15.6 Å². The lowest BCUT2D eigenvalue weighted by Gasteiger charge is -2.26. The number of carbonyl (C=O) groups is 1. The molecule has 0 unspecified atom stereocenters. The Hall–Kier alpha value is -1.94. The largest absolute Gasteiger partial charge is 0.326 e. The third-order valence-corrected chi connectivity index (χ3v) is 3.29. The van der Waals surface area contributed by atoms with Gasteiger partial charge in [0, 0.05) is 35.3 Å². The van der Waals surface area contributed by atoms with E-state index < -0.39 is 0 Å². The Morgan fingerprint density at radius 2 is 2.28 bits per heavy atom. The van der Waals surface area contributed by atoms with E-state index in [1.165, 1.54) is 0 Å². The molecule has 2 aromatic rings. The molecule has 1 fully saturated rings. The molecule has 0 aliphatic carbocycles. The third kappa shape index (κ3) is 2.19. The van der Waals surface area contributed by atoms with Crippen LogP contribution in [-0.4, -0.2) is 24.0 Å². The highest BCUT2D eigenvalue weighted by Gasteiger charge is 2.20. The van der Waals surface area contributed by atoms with Crippen molar-refractivity contribution < 1.29 is 4.79 Å². The zero-order valence-electron chi connectivity index (χ0n) is 10.0. The fourth-order valence-corrected chi connectivity index (χ4v) is 2.19. The van der Waals surface area contributed by atoms with Crippen LogP contribution in [0.2, 0.25) is 0 Å². The summed E-state index contributed by atoms with van der Waals surface area (Å²) in [6.45, 7) is 1.90. The second kappa shape index (κ2) is 4.74. The molecule has 0 bridgehead atoms. The summed E-state index contributed by atoms with van der Waals surface area (Å²) < 4.78 is 0. The maximum absolute atomic E-state index is 11.9. The highest BCUT2D eigenvalue weighted by Crippen LogP contribution is 2.22. The lowest BCUT2D eigenvalue weighted by Crippen LogP contribution is -2.43. The van der Waals surface area contributed by atoms with E-state index in [1.807, 2.05) is 24.3 Å². The molecule has 0 saturated carbocycles. The van der Waals surface area contributed by atoms with Crippen LogP contribution in [0.3, 0.4) is 0 Å². The van der Waals surface area contributed by atoms with Gasteiger partial charge in [0.2, 0.25) is 5.91 Å². The number of hydrogen-bond donors (Lipinski definition) is 2. The SMILES string of the molecule is O=C(CC1CNC1)Nc1cccc2cnccc12. The summed E-state index contributed by atoms with van der Waals surface area (Å²) in [6.07, 6.45) is 4.14. The molecule has 2 heterocycles. The number of carbonyl (C=O) groups excluding carboxylic acids is 1. The summed E-state index contributed by atoms with van der Waals surface area (Å²) in [5.74, 6) is 0.576. The fraction of sp³-hybridized carbons (Fsp3) is 0.286. The first kappa shape index (κ1) is 11.2. The van der Waals surface area contributed by atoms with E-state index in [-0.39, 0.29) is 5.91 Å². The summed E-state index contributed by atoms with van der Waals surface area (Å²) in [7, 11) is 0. The second-order valence-corrected chi connectivity index (χ2v) is 4.68. The Kier molecular flexibility index (Phi) is 2.94. The first-order valence-electron chi connectivity index (χ1n) is 6.16. The first-order valence-corrected chi connectivity index (χ1v) is 6.16. The molecule has 4 heteroatoms. The molecule has 1 aromatic carbocycles. The van der Waals surface area contributed by atoms with Gasteiger partial charge in [-0.3, -0.25) is 9.78 Å². The van der Waals surface area contributed by atoms with Crippen molar-refractivity contribution in [3.05, 3.63) is 36.7 Å². The van der Waals surface area contributed by atoms with Crippen molar-refractivity contribution >= 4 is 22.4 Å². The van der Waals surface area contributed by atoms with E-state index in [0.29, 0.717) is 12.3 Å². The van der Waals surface area contributed by atoms with Crippen molar-refractivity contribution in [3.8, 4) is 0 Å². The molecule has 1 aliphatic rings. The normalized spacial score (nSPS) is 15.3. The zero-order chi connectivity index (χ0) is 12.4. The number of fused-ring (bicyclic) bond motifs is 1. The standard InChI is InChI=1S/C14H15N3O/c18-14(6-10-7-16-8-10)17-13-3-1-2-11-9-15-5-4-12(11)13/h1-5,9-10,16H,6-8H2,(H,17,18). The Morgan fingerprint density at radius 3 is 3.06 bits per heavy atom. The van der Waals surface area contributed by atoms with Crippen LogP contribution in [0.4, 0.5) is 5.69 Å². The smallest absolute Gasteiger partial charge is 0.224 e. The Balaban J connectivity index is 1.79. The molecular weight excluding hydrogens is 226 g/mol. The summed E-state index contributed by atoms with van der Waals surface area (Å²) in [6, 6.07) is 7.79. The van der Waals surface area contributed by atoms with E-state index >= 15 is 0 Å². The van der Waals surface area contributed by atoms with E-state index in [0.717, 1.165) is 29.5 Å². The van der Waals surface area contributed by atoms with Gasteiger partial charge in [-0.2, -0.15) is 0 Å². The van der Waals surface area contributed by atoms with Crippen LogP contribution in [0.1, 0.15) is 6.42 Å². The molecule has 0 atom stereocenters. The monoisotopic (exact) mass is 241 g/mol. The zero-order valence-corrected chi connectivity index (χ0v) is 10.0. The highest BCUT2D eigenvalue weighted by molar-refractivity contribution is 6.01. The minimum absolute atomic E-state index is 0.0887. The predicted octanol–water partition coefficient (Wildman–Crippen LogP) is 1.78. The average Bonchev–Trinajstić information content (AvgIpc) is 2.34. The Morgan fingerprint density at radius 1 is 1.39 bits per heavy atom. The van der Waals surface area contributed by atoms with Gasteiger partial charge in [-0.25, -0.2) is 0 Å². The van der Waals surface area contributed by atoms with Crippen LogP contribution in [0, 0.1) is 5.92 Å². The molecule has 1 amide bonds. The van der Waals surface area contributed by atoms with Gasteiger partial charge in [0.15, 0.2) is 0 Å². The van der Waals surface area contributed by atoms with Crippen LogP contribution >= 0.6 is 0 Å². The van der Waals surface area contributed by atoms with E-state index in [9.17, 15) is 4.79 Å². The van der Waals surface area contributed by atoms with Crippen LogP contribution in [0.25, 0.3) is 10.8 Å². The minimum Gasteiger partial charge on any atom is -0.326 e. The number of nitrogens with zero attached hydrogens (tertiary/aromatic N) is 1. The molecule has 1 saturated heterocycles. The molecule has 18 heavy (non-hydrogen) atoms. The van der Waals surface area contributed by atoms with Gasteiger partial charge in [-0.15, -0.1) is 0 Å². The maximum atomic E-state index is 11.9. The van der Waals surface area contributed by atoms with Gasteiger partial charge in [-0.05, 0) is 31.1 Å². The summed E-state index contributed by atoms with van der Waals surface area (Å²) >= 11 is 0. The van der Waals surface area contributed by atoms with Crippen molar-refractivity contribution in [2.24, 2.45) is 5.92 Å². The van der Waals surface area contributed by atoms with E-state index in [1.54, 1.807) is 12.4 Å². The molecule has 3 rings (SSSR count). The molecule has 1 aromatic heterocycles. The summed E-state index contributed by atoms with van der Waals surface area (Å²) in [4.78, 5) is 16.0. The van der Waals surface area contributed by atoms with Crippen molar-refractivity contribution in [3.63, 3.8) is 0 Å². The van der Waals surface area contributed by atoms with Crippen molar-refractivity contribution in [1.29, 1.82) is 0 Å². The summed E-state index contributed by atoms with van der Waals surface area (Å²) in [5, 5.41) is 8.24. The van der Waals surface area contributed by atoms with Crippen molar-refractivity contribution in [1.82, 2.24) is 10.3 Å². The highest BCUT2D eigenvalue weighted by atomic mass is 16.1. The molecule has 0 spiro atoms. The topological polar surface area (TPSA) is 54.0 Å². The molecule has 2 N–H and O–H groups in total. The van der Waals surface area contributed by atoms with Crippen LogP contribution < -0.4 is 10.6 Å². The number of anilines is 1. The van der Waals surface area contributed by atoms with Crippen molar-refractivity contribution in [2.45, 2.75) is 6.42 Å². The first-order chi connectivity index (χ1) is 8.83. The van der Waals surface area contributed by atoms with Crippen LogP contribution in [-0.2, 0) is 4.79 Å². The van der Waals surface area contributed by atoms with Crippen LogP contribution in [0.5, 0.6) is 0 Å². The van der Waals surface area contributed by atoms with E-state index in [4.69, 9.17) is 0 Å². The number of pyridine rings is 1.